The van der Waals surface area contributed by atoms with E-state index in [2.05, 4.69) is 30.4 Å². The fourth-order valence-electron chi connectivity index (χ4n) is 1.02. The number of allylic oxidation sites excluding steroid dienone is 8. The van der Waals surface area contributed by atoms with Gasteiger partial charge in [-0.05, 0) is 0 Å². The molecule has 0 bridgehead atoms. The average molecular weight is 291 g/mol. The summed E-state index contributed by atoms with van der Waals surface area (Å²) in [6.07, 6.45) is 20.0. The van der Waals surface area contributed by atoms with Crippen molar-refractivity contribution in [1.29, 1.82) is 0 Å². The molecule has 1 aromatic carbocycles. The van der Waals surface area contributed by atoms with Crippen LogP contribution in [-0.4, -0.2) is 0 Å². The average Bonchev–Trinajstić information content (AvgIpc) is 3.10. The Morgan fingerprint density at radius 3 is 1.33 bits per heavy atom. The Balaban J connectivity index is 0. The molecule has 0 unspecified atom stereocenters. The van der Waals surface area contributed by atoms with Gasteiger partial charge in [0.2, 0.25) is 0 Å². The van der Waals surface area contributed by atoms with Crippen LogP contribution in [0.15, 0.2) is 66.8 Å². The molecule has 0 aromatic heterocycles. The van der Waals surface area contributed by atoms with Crippen molar-refractivity contribution in [3.8, 4) is 0 Å². The van der Waals surface area contributed by atoms with Gasteiger partial charge < -0.3 is 12.4 Å². The van der Waals surface area contributed by atoms with Crippen LogP contribution >= 0.6 is 0 Å². The molecular weight excluding hydrogens is 275 g/mol. The summed E-state index contributed by atoms with van der Waals surface area (Å²) in [6.45, 7) is 0. The first-order valence-corrected chi connectivity index (χ1v) is 5.34. The quantitative estimate of drug-likeness (QED) is 0.496. The van der Waals surface area contributed by atoms with Crippen molar-refractivity contribution >= 4 is 0 Å². The Bertz CT molecular complexity index is 295. The first-order valence-electron chi connectivity index (χ1n) is 5.34. The Hall–Kier alpha value is -0.816. The van der Waals surface area contributed by atoms with Gasteiger partial charge in [-0.15, -0.1) is 12.8 Å². The van der Waals surface area contributed by atoms with Crippen molar-refractivity contribution in [1.82, 2.24) is 0 Å². The first-order chi connectivity index (χ1) is 8.00. The maximum atomic E-state index is 2.99. The van der Waals surface area contributed by atoms with E-state index in [0.717, 1.165) is 12.8 Å². The largest absolute Gasteiger partial charge is 4.00 e. The molecule has 1 aromatic rings. The summed E-state index contributed by atoms with van der Waals surface area (Å²) in [6, 6.07) is 12.5. The van der Waals surface area contributed by atoms with E-state index < -0.39 is 0 Å². The molecule has 18 heavy (non-hydrogen) atoms. The molecule has 0 heterocycles. The van der Waals surface area contributed by atoms with Gasteiger partial charge in [-0.25, -0.2) is 24.3 Å². The van der Waals surface area contributed by atoms with Crippen molar-refractivity contribution in [2.75, 3.05) is 0 Å². The summed E-state index contributed by atoms with van der Waals surface area (Å²) >= 11 is 0. The minimum Gasteiger partial charge on any atom is -1.00 e. The third-order valence-electron chi connectivity index (χ3n) is 1.78. The van der Waals surface area contributed by atoms with Crippen LogP contribution in [0.3, 0.4) is 0 Å². The van der Waals surface area contributed by atoms with E-state index >= 15 is 0 Å². The first kappa shape index (κ1) is 19.5. The van der Waals surface area contributed by atoms with Gasteiger partial charge in [0, 0.05) is 0 Å². The van der Waals surface area contributed by atoms with Gasteiger partial charge in [0.1, 0.15) is 0 Å². The molecular formula is C16H15ClTi. The summed E-state index contributed by atoms with van der Waals surface area (Å²) < 4.78 is 0. The Labute approximate surface area is 131 Å². The third kappa shape index (κ3) is 13.3. The molecule has 0 fully saturated rings. The molecule has 0 saturated carbocycles. The van der Waals surface area contributed by atoms with Crippen molar-refractivity contribution in [3.05, 3.63) is 85.0 Å². The summed E-state index contributed by atoms with van der Waals surface area (Å²) in [5.74, 6) is 0. The maximum absolute atomic E-state index is 2.99. The van der Waals surface area contributed by atoms with Crippen LogP contribution in [0.25, 0.3) is 0 Å². The zero-order chi connectivity index (χ0) is 11.3. The van der Waals surface area contributed by atoms with Gasteiger partial charge in [-0.3, -0.25) is 12.2 Å². The second-order valence-corrected chi connectivity index (χ2v) is 3.08. The van der Waals surface area contributed by atoms with Gasteiger partial charge in [-0.1, -0.05) is 0 Å². The molecule has 0 amide bonds. The number of rotatable bonds is 0. The number of hydrogen-bond donors (Lipinski definition) is 0. The van der Waals surface area contributed by atoms with Crippen molar-refractivity contribution in [2.45, 2.75) is 12.8 Å². The molecule has 0 spiro atoms. The Kier molecular flexibility index (Phi) is 17.6. The molecule has 0 N–H and O–H groups in total. The van der Waals surface area contributed by atoms with Crippen molar-refractivity contribution < 1.29 is 34.1 Å². The van der Waals surface area contributed by atoms with Crippen LogP contribution in [0.1, 0.15) is 12.8 Å². The normalized spacial score (nSPS) is 12.4. The molecule has 0 aliphatic heterocycles. The predicted molar refractivity (Wildman–Crippen MR) is 68.4 cm³/mol. The van der Waals surface area contributed by atoms with E-state index in [0.29, 0.717) is 0 Å². The fourth-order valence-corrected chi connectivity index (χ4v) is 1.02. The molecule has 2 heteroatoms. The molecule has 2 aliphatic rings. The SMILES string of the molecule is [C-]1=CC=CC1.[C-]1=CC=CC1.[Cl-].[Ti+4].[c-]1ccccc1. The van der Waals surface area contributed by atoms with E-state index in [4.69, 9.17) is 0 Å². The van der Waals surface area contributed by atoms with Crippen LogP contribution in [0, 0.1) is 18.2 Å². The van der Waals surface area contributed by atoms with Gasteiger partial charge >= 0.3 is 21.7 Å². The van der Waals surface area contributed by atoms with E-state index in [1.165, 1.54) is 0 Å². The number of benzene rings is 1. The molecule has 2 aliphatic carbocycles. The van der Waals surface area contributed by atoms with Crippen LogP contribution in [0.4, 0.5) is 0 Å². The predicted octanol–water partition coefficient (Wildman–Crippen LogP) is 1.10. The monoisotopic (exact) mass is 290 g/mol. The van der Waals surface area contributed by atoms with Crippen LogP contribution in [-0.2, 0) is 21.7 Å². The number of halogens is 1. The summed E-state index contributed by atoms with van der Waals surface area (Å²) in [5, 5.41) is 0. The van der Waals surface area contributed by atoms with Gasteiger partial charge in [0.05, 0.1) is 0 Å². The zero-order valence-electron chi connectivity index (χ0n) is 10.1. The van der Waals surface area contributed by atoms with Crippen LogP contribution < -0.4 is 12.4 Å². The van der Waals surface area contributed by atoms with Gasteiger partial charge in [0.15, 0.2) is 0 Å². The topological polar surface area (TPSA) is 0 Å². The van der Waals surface area contributed by atoms with Crippen molar-refractivity contribution in [2.24, 2.45) is 0 Å². The second kappa shape index (κ2) is 16.2. The zero-order valence-corrected chi connectivity index (χ0v) is 12.5. The van der Waals surface area contributed by atoms with E-state index in [1.807, 2.05) is 54.6 Å². The summed E-state index contributed by atoms with van der Waals surface area (Å²) in [5.41, 5.74) is 0. The second-order valence-electron chi connectivity index (χ2n) is 3.08. The molecule has 0 saturated heterocycles. The van der Waals surface area contributed by atoms with Crippen molar-refractivity contribution in [3.63, 3.8) is 0 Å². The van der Waals surface area contributed by atoms with Gasteiger partial charge in [-0.2, -0.15) is 48.6 Å². The molecule has 0 nitrogen and oxygen atoms in total. The van der Waals surface area contributed by atoms with Crippen LogP contribution in [0.2, 0.25) is 0 Å². The maximum Gasteiger partial charge on any atom is 4.00 e. The molecule has 0 radical (unpaired) electrons. The molecule has 0 atom stereocenters. The number of hydrogen-bond acceptors (Lipinski definition) is 0. The molecule has 3 rings (SSSR count). The Morgan fingerprint density at radius 1 is 0.722 bits per heavy atom. The third-order valence-corrected chi connectivity index (χ3v) is 1.78. The molecule has 90 valence electrons. The summed E-state index contributed by atoms with van der Waals surface area (Å²) in [7, 11) is 0. The summed E-state index contributed by atoms with van der Waals surface area (Å²) in [4.78, 5) is 0. The smallest absolute Gasteiger partial charge is 1.00 e. The van der Waals surface area contributed by atoms with Crippen LogP contribution in [0.5, 0.6) is 0 Å². The van der Waals surface area contributed by atoms with Gasteiger partial charge in [0.25, 0.3) is 0 Å². The fraction of sp³-hybridized carbons (Fsp3) is 0.125. The Morgan fingerprint density at radius 2 is 1.22 bits per heavy atom. The van der Waals surface area contributed by atoms with E-state index in [9.17, 15) is 0 Å². The minimum atomic E-state index is 0. The van der Waals surface area contributed by atoms with E-state index in [1.54, 1.807) is 0 Å². The standard InChI is InChI=1S/C6H5.2C5H5.ClH.Ti/c1-2-4-6-5-3-1;2*1-2-4-5-3-1;;/h1-5H;2*1-3H,4H2;1H;/q3*-1;;+4/p-1. The minimum absolute atomic E-state index is 0. The van der Waals surface area contributed by atoms with E-state index in [-0.39, 0.29) is 34.1 Å².